The Bertz CT molecular complexity index is 1260. The molecule has 1 saturated heterocycles. The van der Waals surface area contributed by atoms with Crippen LogP contribution < -0.4 is 4.90 Å². The molecule has 31 heavy (non-hydrogen) atoms. The smallest absolute Gasteiger partial charge is 0.259 e. The van der Waals surface area contributed by atoms with Crippen LogP contribution in [-0.2, 0) is 16.4 Å². The first-order valence-electron chi connectivity index (χ1n) is 10.8. The van der Waals surface area contributed by atoms with E-state index in [2.05, 4.69) is 18.2 Å². The van der Waals surface area contributed by atoms with Crippen molar-refractivity contribution < 1.29 is 13.2 Å². The van der Waals surface area contributed by atoms with Crippen molar-refractivity contribution in [3.63, 3.8) is 0 Å². The van der Waals surface area contributed by atoms with Gasteiger partial charge in [-0.3, -0.25) is 9.69 Å². The zero-order chi connectivity index (χ0) is 21.6. The molecule has 0 unspecified atom stereocenters. The van der Waals surface area contributed by atoms with E-state index in [9.17, 15) is 13.2 Å². The van der Waals surface area contributed by atoms with E-state index in [0.717, 1.165) is 47.7 Å². The molecule has 0 saturated carbocycles. The lowest BCUT2D eigenvalue weighted by molar-refractivity contribution is 0.0988. The molecule has 3 aromatic rings. The summed E-state index contributed by atoms with van der Waals surface area (Å²) in [4.78, 5) is 19.9. The van der Waals surface area contributed by atoms with E-state index in [1.807, 2.05) is 13.0 Å². The van der Waals surface area contributed by atoms with Crippen molar-refractivity contribution >= 4 is 32.7 Å². The Labute approximate surface area is 182 Å². The number of amides is 1. The Hall–Kier alpha value is -2.77. The standard InChI is InChI=1S/C24H25N3O3S/c1-17-5-6-19-16-20-11-14-27(23(20)25-22(19)15-17)24(28)18-7-9-21(10-8-18)31(29,30)26-12-3-2-4-13-26/h5-10,15-16H,2-4,11-14H2,1H3. The Morgan fingerprint density at radius 2 is 1.68 bits per heavy atom. The number of piperidine rings is 1. The van der Waals surface area contributed by atoms with Crippen molar-refractivity contribution in [3.8, 4) is 0 Å². The average Bonchev–Trinajstić information content (AvgIpc) is 3.20. The second kappa shape index (κ2) is 7.73. The van der Waals surface area contributed by atoms with Gasteiger partial charge in [-0.25, -0.2) is 13.4 Å². The van der Waals surface area contributed by atoms with Crippen LogP contribution in [0.1, 0.15) is 40.7 Å². The lowest BCUT2D eigenvalue weighted by Gasteiger charge is -2.26. The summed E-state index contributed by atoms with van der Waals surface area (Å²) in [6.45, 7) is 3.72. The summed E-state index contributed by atoms with van der Waals surface area (Å²) >= 11 is 0. The van der Waals surface area contributed by atoms with Crippen LogP contribution in [-0.4, -0.2) is 43.2 Å². The highest BCUT2D eigenvalue weighted by Crippen LogP contribution is 2.31. The molecule has 2 aromatic carbocycles. The summed E-state index contributed by atoms with van der Waals surface area (Å²) in [5.41, 5.74) is 3.54. The minimum Gasteiger partial charge on any atom is -0.292 e. The number of anilines is 1. The fourth-order valence-corrected chi connectivity index (χ4v) is 5.96. The summed E-state index contributed by atoms with van der Waals surface area (Å²) in [6, 6.07) is 14.6. The third kappa shape index (κ3) is 3.62. The molecule has 0 N–H and O–H groups in total. The third-order valence-electron chi connectivity index (χ3n) is 6.19. The van der Waals surface area contributed by atoms with E-state index < -0.39 is 10.0 Å². The van der Waals surface area contributed by atoms with Crippen molar-refractivity contribution in [3.05, 3.63) is 65.2 Å². The van der Waals surface area contributed by atoms with Gasteiger partial charge in [-0.15, -0.1) is 0 Å². The van der Waals surface area contributed by atoms with Gasteiger partial charge in [0.25, 0.3) is 5.91 Å². The Morgan fingerprint density at radius 3 is 2.42 bits per heavy atom. The summed E-state index contributed by atoms with van der Waals surface area (Å²) in [7, 11) is -3.50. The van der Waals surface area contributed by atoms with Gasteiger partial charge in [0, 0.05) is 30.6 Å². The van der Waals surface area contributed by atoms with Crippen LogP contribution in [0.25, 0.3) is 10.9 Å². The number of nitrogens with zero attached hydrogens (tertiary/aromatic N) is 3. The van der Waals surface area contributed by atoms with Crippen LogP contribution in [0.3, 0.4) is 0 Å². The molecule has 1 amide bonds. The number of carbonyl (C=O) groups is 1. The minimum atomic E-state index is -3.50. The fourth-order valence-electron chi connectivity index (χ4n) is 4.44. The second-order valence-corrected chi connectivity index (χ2v) is 10.3. The Morgan fingerprint density at radius 1 is 0.935 bits per heavy atom. The van der Waals surface area contributed by atoms with Crippen molar-refractivity contribution in [1.29, 1.82) is 0 Å². The van der Waals surface area contributed by atoms with Crippen LogP contribution >= 0.6 is 0 Å². The maximum absolute atomic E-state index is 13.2. The van der Waals surface area contributed by atoms with Gasteiger partial charge >= 0.3 is 0 Å². The van der Waals surface area contributed by atoms with Gasteiger partial charge in [0.2, 0.25) is 10.0 Å². The van der Waals surface area contributed by atoms with E-state index in [0.29, 0.717) is 31.0 Å². The molecule has 7 heteroatoms. The minimum absolute atomic E-state index is 0.153. The topological polar surface area (TPSA) is 70.6 Å². The quantitative estimate of drug-likeness (QED) is 0.625. The first-order chi connectivity index (χ1) is 14.9. The van der Waals surface area contributed by atoms with Crippen LogP contribution in [0.2, 0.25) is 0 Å². The molecule has 0 bridgehead atoms. The molecule has 0 spiro atoms. The maximum atomic E-state index is 13.2. The molecule has 6 nitrogen and oxygen atoms in total. The van der Waals surface area contributed by atoms with E-state index in [1.165, 1.54) is 0 Å². The summed E-state index contributed by atoms with van der Waals surface area (Å²) < 4.78 is 27.3. The van der Waals surface area contributed by atoms with E-state index >= 15 is 0 Å². The van der Waals surface area contributed by atoms with Gasteiger partial charge in [0.1, 0.15) is 5.82 Å². The number of sulfonamides is 1. The lowest BCUT2D eigenvalue weighted by Crippen LogP contribution is -2.35. The number of hydrogen-bond donors (Lipinski definition) is 0. The van der Waals surface area contributed by atoms with E-state index in [-0.39, 0.29) is 10.8 Å². The second-order valence-electron chi connectivity index (χ2n) is 8.36. The normalized spacial score (nSPS) is 17.1. The Balaban J connectivity index is 1.42. The zero-order valence-corrected chi connectivity index (χ0v) is 18.4. The molecule has 0 atom stereocenters. The summed E-state index contributed by atoms with van der Waals surface area (Å²) in [5.74, 6) is 0.549. The van der Waals surface area contributed by atoms with Gasteiger partial charge in [-0.2, -0.15) is 4.31 Å². The summed E-state index contributed by atoms with van der Waals surface area (Å²) in [5, 5.41) is 1.07. The van der Waals surface area contributed by atoms with Crippen LogP contribution in [0.5, 0.6) is 0 Å². The van der Waals surface area contributed by atoms with Crippen LogP contribution in [0, 0.1) is 6.92 Å². The molecule has 1 fully saturated rings. The van der Waals surface area contributed by atoms with Gasteiger partial charge in [0.15, 0.2) is 0 Å². The first kappa shape index (κ1) is 20.2. The van der Waals surface area contributed by atoms with Gasteiger partial charge < -0.3 is 0 Å². The highest BCUT2D eigenvalue weighted by atomic mass is 32.2. The SMILES string of the molecule is Cc1ccc2cc3c(nc2c1)N(C(=O)c1ccc(S(=O)(=O)N2CCCCC2)cc1)CC3. The zero-order valence-electron chi connectivity index (χ0n) is 17.5. The lowest BCUT2D eigenvalue weighted by atomic mass is 10.1. The van der Waals surface area contributed by atoms with Crippen molar-refractivity contribution in [1.82, 2.24) is 9.29 Å². The number of rotatable bonds is 3. The largest absolute Gasteiger partial charge is 0.292 e. The van der Waals surface area contributed by atoms with Crippen LogP contribution in [0.15, 0.2) is 53.4 Å². The highest BCUT2D eigenvalue weighted by Gasteiger charge is 2.29. The highest BCUT2D eigenvalue weighted by molar-refractivity contribution is 7.89. The molecular weight excluding hydrogens is 410 g/mol. The molecule has 3 heterocycles. The van der Waals surface area contributed by atoms with Crippen molar-refractivity contribution in [2.45, 2.75) is 37.5 Å². The molecule has 2 aliphatic rings. The molecule has 5 rings (SSSR count). The van der Waals surface area contributed by atoms with E-state index in [4.69, 9.17) is 4.98 Å². The molecule has 0 aliphatic carbocycles. The van der Waals surface area contributed by atoms with Crippen molar-refractivity contribution in [2.75, 3.05) is 24.5 Å². The molecule has 160 valence electrons. The van der Waals surface area contributed by atoms with E-state index in [1.54, 1.807) is 33.5 Å². The summed E-state index contributed by atoms with van der Waals surface area (Å²) in [6.07, 6.45) is 3.62. The number of benzene rings is 2. The molecule has 2 aliphatic heterocycles. The number of pyridine rings is 1. The predicted octanol–water partition coefficient (Wildman–Crippen LogP) is 3.92. The number of hydrogen-bond acceptors (Lipinski definition) is 4. The number of aromatic nitrogens is 1. The number of fused-ring (bicyclic) bond motifs is 2. The number of aryl methyl sites for hydroxylation is 1. The predicted molar refractivity (Wildman–Crippen MR) is 121 cm³/mol. The number of carbonyl (C=O) groups excluding carboxylic acids is 1. The van der Waals surface area contributed by atoms with Gasteiger partial charge in [0.05, 0.1) is 10.4 Å². The van der Waals surface area contributed by atoms with Gasteiger partial charge in [-0.1, -0.05) is 18.6 Å². The Kier molecular flexibility index (Phi) is 5.02. The monoisotopic (exact) mass is 435 g/mol. The van der Waals surface area contributed by atoms with Gasteiger partial charge in [-0.05, 0) is 73.7 Å². The van der Waals surface area contributed by atoms with Crippen LogP contribution in [0.4, 0.5) is 5.82 Å². The molecular formula is C24H25N3O3S. The average molecular weight is 436 g/mol. The fraction of sp³-hybridized carbons (Fsp3) is 0.333. The van der Waals surface area contributed by atoms with Crippen molar-refractivity contribution in [2.24, 2.45) is 0 Å². The maximum Gasteiger partial charge on any atom is 0.259 e. The first-order valence-corrected chi connectivity index (χ1v) is 12.2. The molecule has 0 radical (unpaired) electrons. The molecule has 1 aromatic heterocycles. The third-order valence-corrected chi connectivity index (χ3v) is 8.10.